The van der Waals surface area contributed by atoms with Gasteiger partial charge in [0, 0.05) is 10.4 Å². The summed E-state index contributed by atoms with van der Waals surface area (Å²) in [4.78, 5) is 0. The standard InChI is InChI=1S/C18H23BBrFO3/c1-17(2)18(3,4)24-19(23-17)16(21)13-9-12(10-13)11-22-15-7-5-14(20)6-8-15/h5-8,12H,9-11H2,1-4H3. The summed E-state index contributed by atoms with van der Waals surface area (Å²) in [6, 6.07) is 7.73. The predicted molar refractivity (Wildman–Crippen MR) is 96.6 cm³/mol. The van der Waals surface area contributed by atoms with Crippen molar-refractivity contribution in [2.24, 2.45) is 5.92 Å². The van der Waals surface area contributed by atoms with Crippen molar-refractivity contribution in [2.75, 3.05) is 6.61 Å². The van der Waals surface area contributed by atoms with E-state index in [2.05, 4.69) is 15.9 Å². The lowest BCUT2D eigenvalue weighted by atomic mass is 9.73. The molecule has 2 aliphatic rings. The van der Waals surface area contributed by atoms with Gasteiger partial charge in [0.15, 0.2) is 0 Å². The second-order valence-electron chi connectivity index (χ2n) is 7.58. The molecule has 3 nitrogen and oxygen atoms in total. The Balaban J connectivity index is 1.52. The fourth-order valence-corrected chi connectivity index (χ4v) is 3.07. The first kappa shape index (κ1) is 18.0. The monoisotopic (exact) mass is 396 g/mol. The van der Waals surface area contributed by atoms with Crippen LogP contribution in [0.15, 0.2) is 40.0 Å². The molecule has 3 rings (SSSR count). The van der Waals surface area contributed by atoms with E-state index in [1.807, 2.05) is 52.0 Å². The van der Waals surface area contributed by atoms with Gasteiger partial charge >= 0.3 is 7.12 Å². The second kappa shape index (κ2) is 6.47. The van der Waals surface area contributed by atoms with E-state index in [9.17, 15) is 4.39 Å². The Morgan fingerprint density at radius 2 is 1.71 bits per heavy atom. The van der Waals surface area contributed by atoms with Crippen molar-refractivity contribution < 1.29 is 18.4 Å². The van der Waals surface area contributed by atoms with Gasteiger partial charge in [-0.2, -0.15) is 0 Å². The highest BCUT2D eigenvalue weighted by Gasteiger charge is 2.54. The van der Waals surface area contributed by atoms with Gasteiger partial charge in [-0.05, 0) is 70.4 Å². The third-order valence-corrected chi connectivity index (χ3v) is 5.70. The summed E-state index contributed by atoms with van der Waals surface area (Å²) in [5, 5.41) is 0. The van der Waals surface area contributed by atoms with Crippen LogP contribution in [0.4, 0.5) is 4.39 Å². The van der Waals surface area contributed by atoms with E-state index in [0.717, 1.165) is 15.8 Å². The predicted octanol–water partition coefficient (Wildman–Crippen LogP) is 5.09. The van der Waals surface area contributed by atoms with E-state index in [1.165, 1.54) is 0 Å². The maximum absolute atomic E-state index is 14.6. The number of hydrogen-bond donors (Lipinski definition) is 0. The number of benzene rings is 1. The van der Waals surface area contributed by atoms with Crippen LogP contribution in [0.25, 0.3) is 0 Å². The molecule has 0 bridgehead atoms. The first-order valence-electron chi connectivity index (χ1n) is 8.29. The molecule has 1 saturated heterocycles. The maximum Gasteiger partial charge on any atom is 0.525 e. The van der Waals surface area contributed by atoms with Gasteiger partial charge in [0.1, 0.15) is 11.5 Å². The molecule has 1 aromatic rings. The average Bonchev–Trinajstić information content (AvgIpc) is 2.67. The molecule has 0 aromatic heterocycles. The highest BCUT2D eigenvalue weighted by atomic mass is 79.9. The van der Waals surface area contributed by atoms with Crippen molar-refractivity contribution in [3.63, 3.8) is 0 Å². The van der Waals surface area contributed by atoms with E-state index in [0.29, 0.717) is 25.4 Å². The highest BCUT2D eigenvalue weighted by Crippen LogP contribution is 2.43. The topological polar surface area (TPSA) is 27.7 Å². The van der Waals surface area contributed by atoms with Gasteiger partial charge in [0.25, 0.3) is 0 Å². The van der Waals surface area contributed by atoms with Gasteiger partial charge in [-0.1, -0.05) is 15.9 Å². The van der Waals surface area contributed by atoms with Gasteiger partial charge in [0.2, 0.25) is 0 Å². The zero-order valence-corrected chi connectivity index (χ0v) is 16.2. The number of allylic oxidation sites excluding steroid dienone is 1. The van der Waals surface area contributed by atoms with E-state index in [-0.39, 0.29) is 5.73 Å². The van der Waals surface area contributed by atoms with Gasteiger partial charge in [-0.25, -0.2) is 4.39 Å². The zero-order valence-electron chi connectivity index (χ0n) is 14.6. The molecule has 24 heavy (non-hydrogen) atoms. The van der Waals surface area contributed by atoms with Crippen LogP contribution in [0.1, 0.15) is 40.5 Å². The van der Waals surface area contributed by atoms with Crippen LogP contribution >= 0.6 is 15.9 Å². The molecule has 0 atom stereocenters. The molecular formula is C18H23BBrFO3. The molecule has 6 heteroatoms. The molecule has 130 valence electrons. The summed E-state index contributed by atoms with van der Waals surface area (Å²) in [6.45, 7) is 8.32. The minimum Gasteiger partial charge on any atom is -0.493 e. The van der Waals surface area contributed by atoms with Crippen LogP contribution in [0.5, 0.6) is 5.75 Å². The molecule has 0 N–H and O–H groups in total. The normalized spacial score (nSPS) is 24.7. The summed E-state index contributed by atoms with van der Waals surface area (Å²) >= 11 is 3.40. The summed E-state index contributed by atoms with van der Waals surface area (Å²) in [7, 11) is -0.877. The number of rotatable bonds is 4. The van der Waals surface area contributed by atoms with Crippen LogP contribution < -0.4 is 4.74 Å². The summed E-state index contributed by atoms with van der Waals surface area (Å²) in [5.74, 6) is 1.18. The van der Waals surface area contributed by atoms with Crippen LogP contribution in [-0.4, -0.2) is 24.9 Å². The Labute approximate surface area is 151 Å². The molecule has 0 amide bonds. The molecular weight excluding hydrogens is 374 g/mol. The Kier molecular flexibility index (Phi) is 4.84. The van der Waals surface area contributed by atoms with E-state index in [1.54, 1.807) is 0 Å². The van der Waals surface area contributed by atoms with Crippen molar-refractivity contribution >= 4 is 23.0 Å². The SMILES string of the molecule is CC1(C)OB(C(F)=C2CC(COc3ccc(Br)cc3)C2)OC1(C)C. The molecule has 1 saturated carbocycles. The van der Waals surface area contributed by atoms with Gasteiger partial charge < -0.3 is 14.0 Å². The molecule has 2 fully saturated rings. The third-order valence-electron chi connectivity index (χ3n) is 5.17. The lowest BCUT2D eigenvalue weighted by Crippen LogP contribution is -2.41. The Morgan fingerprint density at radius 3 is 2.25 bits per heavy atom. The molecule has 1 aromatic carbocycles. The number of ether oxygens (including phenoxy) is 1. The summed E-state index contributed by atoms with van der Waals surface area (Å²) in [5.41, 5.74) is -0.487. The minimum absolute atomic E-state index is 0.256. The van der Waals surface area contributed by atoms with Crippen LogP contribution in [-0.2, 0) is 9.31 Å². The van der Waals surface area contributed by atoms with Crippen LogP contribution in [0, 0.1) is 5.92 Å². The van der Waals surface area contributed by atoms with E-state index in [4.69, 9.17) is 14.0 Å². The Hall–Kier alpha value is -0.845. The van der Waals surface area contributed by atoms with E-state index < -0.39 is 18.3 Å². The fourth-order valence-electron chi connectivity index (χ4n) is 2.81. The van der Waals surface area contributed by atoms with Crippen molar-refractivity contribution in [3.05, 3.63) is 40.0 Å². The average molecular weight is 397 g/mol. The second-order valence-corrected chi connectivity index (χ2v) is 8.49. The summed E-state index contributed by atoms with van der Waals surface area (Å²) < 4.78 is 32.9. The highest BCUT2D eigenvalue weighted by molar-refractivity contribution is 9.10. The van der Waals surface area contributed by atoms with Gasteiger partial charge in [-0.3, -0.25) is 0 Å². The molecule has 0 spiro atoms. The van der Waals surface area contributed by atoms with Crippen LogP contribution in [0.2, 0.25) is 0 Å². The molecule has 0 unspecified atom stereocenters. The Morgan fingerprint density at radius 1 is 1.17 bits per heavy atom. The van der Waals surface area contributed by atoms with Gasteiger partial charge in [-0.15, -0.1) is 0 Å². The lowest BCUT2D eigenvalue weighted by Gasteiger charge is -2.32. The lowest BCUT2D eigenvalue weighted by molar-refractivity contribution is 0.00578. The molecule has 0 radical (unpaired) electrons. The number of hydrogen-bond acceptors (Lipinski definition) is 3. The van der Waals surface area contributed by atoms with Crippen molar-refractivity contribution in [2.45, 2.75) is 51.7 Å². The molecule has 1 aliphatic heterocycles. The molecule has 1 aliphatic carbocycles. The van der Waals surface area contributed by atoms with Crippen molar-refractivity contribution in [3.8, 4) is 5.75 Å². The number of halogens is 2. The van der Waals surface area contributed by atoms with Crippen molar-refractivity contribution in [1.82, 2.24) is 0 Å². The zero-order chi connectivity index (χ0) is 17.5. The quantitative estimate of drug-likeness (QED) is 0.663. The van der Waals surface area contributed by atoms with E-state index >= 15 is 0 Å². The largest absolute Gasteiger partial charge is 0.525 e. The third kappa shape index (κ3) is 3.56. The van der Waals surface area contributed by atoms with Gasteiger partial charge in [0.05, 0.1) is 17.8 Å². The van der Waals surface area contributed by atoms with Crippen LogP contribution in [0.3, 0.4) is 0 Å². The first-order valence-corrected chi connectivity index (χ1v) is 9.09. The fraction of sp³-hybridized carbons (Fsp3) is 0.556. The minimum atomic E-state index is -0.877. The Bertz CT molecular complexity index is 618. The van der Waals surface area contributed by atoms with Crippen molar-refractivity contribution in [1.29, 1.82) is 0 Å². The molecule has 1 heterocycles. The summed E-state index contributed by atoms with van der Waals surface area (Å²) in [6.07, 6.45) is 1.40. The smallest absolute Gasteiger partial charge is 0.493 e. The first-order chi connectivity index (χ1) is 11.2. The maximum atomic E-state index is 14.6.